The van der Waals surface area contributed by atoms with Crippen LogP contribution in [-0.4, -0.2) is 36.9 Å². The highest BCUT2D eigenvalue weighted by atomic mass is 32.2. The second-order valence-corrected chi connectivity index (χ2v) is 6.56. The summed E-state index contributed by atoms with van der Waals surface area (Å²) in [6.45, 7) is 3.56. The summed E-state index contributed by atoms with van der Waals surface area (Å²) in [4.78, 5) is 10.9. The number of carboxylic acids is 1. The van der Waals surface area contributed by atoms with E-state index in [2.05, 4.69) is 6.92 Å². The number of carboxylic acid groups (broad SMARTS) is 1. The fraction of sp³-hybridized carbons (Fsp3) is 0.500. The number of carbonyl (C=O) groups is 1. The lowest BCUT2D eigenvalue weighted by atomic mass is 10.1. The fourth-order valence-corrected chi connectivity index (χ4v) is 3.43. The van der Waals surface area contributed by atoms with Gasteiger partial charge in [-0.25, -0.2) is 8.42 Å². The zero-order chi connectivity index (χ0) is 15.2. The second-order valence-electron chi connectivity index (χ2n) is 4.63. The molecular formula is C14H21NO4S. The van der Waals surface area contributed by atoms with Crippen LogP contribution < -0.4 is 0 Å². The van der Waals surface area contributed by atoms with E-state index in [0.717, 1.165) is 22.7 Å². The summed E-state index contributed by atoms with van der Waals surface area (Å²) in [5, 5.41) is 8.83. The number of benzene rings is 1. The first-order valence-electron chi connectivity index (χ1n) is 6.72. The van der Waals surface area contributed by atoms with Gasteiger partial charge in [0.1, 0.15) is 6.54 Å². The first kappa shape index (κ1) is 16.7. The topological polar surface area (TPSA) is 74.7 Å². The monoisotopic (exact) mass is 299 g/mol. The molecule has 1 rings (SSSR count). The zero-order valence-electron chi connectivity index (χ0n) is 11.9. The normalized spacial score (nSPS) is 11.8. The van der Waals surface area contributed by atoms with Crippen molar-refractivity contribution in [3.8, 4) is 0 Å². The third kappa shape index (κ3) is 4.31. The molecule has 1 aromatic carbocycles. The number of sulfonamides is 1. The van der Waals surface area contributed by atoms with Crippen molar-refractivity contribution in [2.45, 2.75) is 38.0 Å². The Hall–Kier alpha value is -1.40. The molecule has 0 bridgehead atoms. The average Bonchev–Trinajstić information content (AvgIpc) is 2.39. The number of nitrogens with zero attached hydrogens (tertiary/aromatic N) is 1. The molecule has 0 spiro atoms. The van der Waals surface area contributed by atoms with Crippen LogP contribution >= 0.6 is 0 Å². The minimum atomic E-state index is -3.74. The van der Waals surface area contributed by atoms with E-state index in [9.17, 15) is 13.2 Å². The van der Waals surface area contributed by atoms with E-state index in [1.807, 2.05) is 6.92 Å². The second kappa shape index (κ2) is 7.40. The molecule has 0 saturated heterocycles. The summed E-state index contributed by atoms with van der Waals surface area (Å²) in [7, 11) is -3.74. The van der Waals surface area contributed by atoms with Crippen molar-refractivity contribution in [3.63, 3.8) is 0 Å². The summed E-state index contributed by atoms with van der Waals surface area (Å²) in [5.41, 5.74) is 1.08. The lowest BCUT2D eigenvalue weighted by Gasteiger charge is -2.19. The third-order valence-electron chi connectivity index (χ3n) is 2.88. The van der Waals surface area contributed by atoms with Crippen molar-refractivity contribution in [3.05, 3.63) is 29.8 Å². The SMILES string of the molecule is CCCc1ccc(S(=O)(=O)N(CCC)CC(=O)O)cc1. The van der Waals surface area contributed by atoms with Crippen molar-refractivity contribution in [1.82, 2.24) is 4.31 Å². The molecule has 0 amide bonds. The van der Waals surface area contributed by atoms with Crippen molar-refractivity contribution < 1.29 is 18.3 Å². The molecule has 0 radical (unpaired) electrons. The standard InChI is InChI=1S/C14H21NO4S/c1-3-5-12-6-8-13(9-7-12)20(18,19)15(10-4-2)11-14(16)17/h6-9H,3-5,10-11H2,1-2H3,(H,16,17). The first-order valence-corrected chi connectivity index (χ1v) is 8.16. The highest BCUT2D eigenvalue weighted by Gasteiger charge is 2.25. The van der Waals surface area contributed by atoms with Gasteiger partial charge in [-0.15, -0.1) is 0 Å². The maximum absolute atomic E-state index is 12.4. The number of hydrogen-bond donors (Lipinski definition) is 1. The van der Waals surface area contributed by atoms with Gasteiger partial charge in [0, 0.05) is 6.54 Å². The Morgan fingerprint density at radius 2 is 1.75 bits per heavy atom. The molecule has 112 valence electrons. The van der Waals surface area contributed by atoms with Crippen molar-refractivity contribution >= 4 is 16.0 Å². The molecular weight excluding hydrogens is 278 g/mol. The van der Waals surface area contributed by atoms with Crippen LogP contribution in [0.2, 0.25) is 0 Å². The summed E-state index contributed by atoms with van der Waals surface area (Å²) >= 11 is 0. The predicted molar refractivity (Wildman–Crippen MR) is 77.1 cm³/mol. The predicted octanol–water partition coefficient (Wildman–Crippen LogP) is 2.12. The fourth-order valence-electron chi connectivity index (χ4n) is 1.95. The molecule has 0 aliphatic heterocycles. The summed E-state index contributed by atoms with van der Waals surface area (Å²) < 4.78 is 25.8. The zero-order valence-corrected chi connectivity index (χ0v) is 12.7. The summed E-state index contributed by atoms with van der Waals surface area (Å²) in [5.74, 6) is -1.15. The molecule has 0 unspecified atom stereocenters. The third-order valence-corrected chi connectivity index (χ3v) is 4.74. The molecule has 0 saturated carbocycles. The van der Waals surface area contributed by atoms with Gasteiger partial charge >= 0.3 is 5.97 Å². The van der Waals surface area contributed by atoms with E-state index in [1.54, 1.807) is 24.3 Å². The Balaban J connectivity index is 3.02. The molecule has 1 aromatic rings. The van der Waals surface area contributed by atoms with Gasteiger partial charge in [0.05, 0.1) is 4.90 Å². The molecule has 1 N–H and O–H groups in total. The van der Waals surface area contributed by atoms with Crippen LogP contribution in [0.25, 0.3) is 0 Å². The molecule has 5 nitrogen and oxygen atoms in total. The Morgan fingerprint density at radius 1 is 1.15 bits per heavy atom. The van der Waals surface area contributed by atoms with Crippen LogP contribution in [0.3, 0.4) is 0 Å². The van der Waals surface area contributed by atoms with Gasteiger partial charge in [-0.1, -0.05) is 32.4 Å². The molecule has 0 fully saturated rings. The van der Waals surface area contributed by atoms with Crippen LogP contribution in [0, 0.1) is 0 Å². The Morgan fingerprint density at radius 3 is 2.20 bits per heavy atom. The molecule has 0 aliphatic rings. The minimum absolute atomic E-state index is 0.145. The van der Waals surface area contributed by atoms with Crippen LogP contribution in [0.1, 0.15) is 32.3 Å². The molecule has 0 aromatic heterocycles. The van der Waals surface area contributed by atoms with E-state index >= 15 is 0 Å². The van der Waals surface area contributed by atoms with Crippen LogP contribution in [0.4, 0.5) is 0 Å². The van der Waals surface area contributed by atoms with Gasteiger partial charge in [0.2, 0.25) is 10.0 Å². The summed E-state index contributed by atoms with van der Waals surface area (Å²) in [6.07, 6.45) is 2.46. The van der Waals surface area contributed by atoms with Gasteiger partial charge in [-0.2, -0.15) is 4.31 Å². The Kier molecular flexibility index (Phi) is 6.16. The number of hydrogen-bond acceptors (Lipinski definition) is 3. The Bertz CT molecular complexity index is 537. The highest BCUT2D eigenvalue weighted by molar-refractivity contribution is 7.89. The van der Waals surface area contributed by atoms with Crippen molar-refractivity contribution in [1.29, 1.82) is 0 Å². The Labute approximate surface area is 120 Å². The first-order chi connectivity index (χ1) is 9.41. The number of rotatable bonds is 8. The van der Waals surface area contributed by atoms with Crippen LogP contribution in [-0.2, 0) is 21.2 Å². The minimum Gasteiger partial charge on any atom is -0.480 e. The van der Waals surface area contributed by atoms with E-state index < -0.39 is 22.5 Å². The van der Waals surface area contributed by atoms with Crippen molar-refractivity contribution in [2.24, 2.45) is 0 Å². The molecule has 0 atom stereocenters. The number of aliphatic carboxylic acids is 1. The largest absolute Gasteiger partial charge is 0.480 e. The molecule has 20 heavy (non-hydrogen) atoms. The highest BCUT2D eigenvalue weighted by Crippen LogP contribution is 2.17. The van der Waals surface area contributed by atoms with Gasteiger partial charge in [0.25, 0.3) is 0 Å². The van der Waals surface area contributed by atoms with Crippen molar-refractivity contribution in [2.75, 3.05) is 13.1 Å². The molecule has 0 aliphatic carbocycles. The van der Waals surface area contributed by atoms with E-state index in [4.69, 9.17) is 5.11 Å². The van der Waals surface area contributed by atoms with E-state index in [-0.39, 0.29) is 11.4 Å². The quantitative estimate of drug-likeness (QED) is 0.798. The van der Waals surface area contributed by atoms with Crippen LogP contribution in [0.15, 0.2) is 29.2 Å². The maximum Gasteiger partial charge on any atom is 0.318 e. The average molecular weight is 299 g/mol. The van der Waals surface area contributed by atoms with E-state index in [0.29, 0.717) is 6.42 Å². The molecule has 0 heterocycles. The van der Waals surface area contributed by atoms with E-state index in [1.165, 1.54) is 0 Å². The van der Waals surface area contributed by atoms with Gasteiger partial charge < -0.3 is 5.11 Å². The maximum atomic E-state index is 12.4. The molecule has 6 heteroatoms. The lowest BCUT2D eigenvalue weighted by Crippen LogP contribution is -2.36. The van der Waals surface area contributed by atoms with Crippen LogP contribution in [0.5, 0.6) is 0 Å². The van der Waals surface area contributed by atoms with Gasteiger partial charge in [0.15, 0.2) is 0 Å². The van der Waals surface area contributed by atoms with Gasteiger partial charge in [-0.3, -0.25) is 4.79 Å². The summed E-state index contributed by atoms with van der Waals surface area (Å²) in [6, 6.07) is 6.65. The smallest absolute Gasteiger partial charge is 0.318 e. The lowest BCUT2D eigenvalue weighted by molar-refractivity contribution is -0.137. The van der Waals surface area contributed by atoms with Gasteiger partial charge in [-0.05, 0) is 30.5 Å². The number of aryl methyl sites for hydroxylation is 1.